The van der Waals surface area contributed by atoms with Gasteiger partial charge in [-0.25, -0.2) is 0 Å². The van der Waals surface area contributed by atoms with E-state index >= 15 is 0 Å². The van der Waals surface area contributed by atoms with Crippen molar-refractivity contribution in [2.45, 2.75) is 12.8 Å². The molecule has 2 rings (SSSR count). The highest BCUT2D eigenvalue weighted by Gasteiger charge is 2.49. The van der Waals surface area contributed by atoms with Crippen molar-refractivity contribution in [3.05, 3.63) is 29.3 Å². The molecule has 1 fully saturated rings. The zero-order chi connectivity index (χ0) is 11.6. The summed E-state index contributed by atoms with van der Waals surface area (Å²) in [6.07, 6.45) is 1.92. The van der Waals surface area contributed by atoms with Crippen LogP contribution in [0.2, 0.25) is 5.02 Å². The topological polar surface area (TPSA) is 41.1 Å². The van der Waals surface area contributed by atoms with Gasteiger partial charge >= 0.3 is 0 Å². The van der Waals surface area contributed by atoms with Crippen LogP contribution in [-0.4, -0.2) is 19.5 Å². The first-order chi connectivity index (χ1) is 7.66. The fourth-order valence-corrected chi connectivity index (χ4v) is 1.99. The summed E-state index contributed by atoms with van der Waals surface area (Å²) in [6.45, 7) is 0.736. The maximum atomic E-state index is 12.0. The Hall–Kier alpha value is -1.06. The number of halogens is 1. The van der Waals surface area contributed by atoms with Gasteiger partial charge in [0, 0.05) is 17.3 Å². The summed E-state index contributed by atoms with van der Waals surface area (Å²) in [5.74, 6) is 0.0871. The van der Waals surface area contributed by atoms with E-state index in [-0.39, 0.29) is 11.3 Å². The van der Waals surface area contributed by atoms with Crippen molar-refractivity contribution in [2.24, 2.45) is 5.41 Å². The first-order valence-electron chi connectivity index (χ1n) is 5.38. The van der Waals surface area contributed by atoms with Crippen LogP contribution in [0.3, 0.4) is 0 Å². The molecule has 1 aliphatic carbocycles. The third-order valence-corrected chi connectivity index (χ3v) is 3.17. The minimum atomic E-state index is -0.197. The van der Waals surface area contributed by atoms with Crippen LogP contribution < -0.4 is 10.6 Å². The third kappa shape index (κ3) is 2.36. The molecule has 86 valence electrons. The van der Waals surface area contributed by atoms with Crippen molar-refractivity contribution in [3.8, 4) is 0 Å². The summed E-state index contributed by atoms with van der Waals surface area (Å²) in [5.41, 5.74) is 0.566. The van der Waals surface area contributed by atoms with Gasteiger partial charge in [-0.3, -0.25) is 4.79 Å². The summed E-state index contributed by atoms with van der Waals surface area (Å²) in [7, 11) is 1.87. The molecule has 2 N–H and O–H groups in total. The fraction of sp³-hybridized carbons (Fsp3) is 0.417. The molecule has 0 aromatic heterocycles. The van der Waals surface area contributed by atoms with E-state index in [9.17, 15) is 4.79 Å². The third-order valence-electron chi connectivity index (χ3n) is 2.93. The van der Waals surface area contributed by atoms with Crippen LogP contribution in [0.5, 0.6) is 0 Å². The minimum Gasteiger partial charge on any atom is -0.326 e. The SMILES string of the molecule is CNCC1(C(=O)Nc2cccc(Cl)c2)CC1. The van der Waals surface area contributed by atoms with E-state index in [0.717, 1.165) is 25.1 Å². The summed E-state index contributed by atoms with van der Waals surface area (Å²) in [5, 5.41) is 6.60. The van der Waals surface area contributed by atoms with E-state index in [4.69, 9.17) is 11.6 Å². The Bertz CT molecular complexity index is 402. The molecule has 1 aromatic carbocycles. The van der Waals surface area contributed by atoms with Gasteiger partial charge in [0.1, 0.15) is 0 Å². The maximum absolute atomic E-state index is 12.0. The Kier molecular flexibility index (Phi) is 3.17. The standard InChI is InChI=1S/C12H15ClN2O/c1-14-8-12(5-6-12)11(16)15-10-4-2-3-9(13)7-10/h2-4,7,14H,5-6,8H2,1H3,(H,15,16). The van der Waals surface area contributed by atoms with E-state index in [2.05, 4.69) is 10.6 Å². The lowest BCUT2D eigenvalue weighted by Crippen LogP contribution is -2.32. The predicted octanol–water partition coefficient (Wildman–Crippen LogP) is 2.28. The summed E-state index contributed by atoms with van der Waals surface area (Å²) < 4.78 is 0. The van der Waals surface area contributed by atoms with Crippen molar-refractivity contribution < 1.29 is 4.79 Å². The summed E-state index contributed by atoms with van der Waals surface area (Å²) in [6, 6.07) is 7.22. The van der Waals surface area contributed by atoms with Gasteiger partial charge in [-0.1, -0.05) is 17.7 Å². The van der Waals surface area contributed by atoms with Crippen LogP contribution in [0.4, 0.5) is 5.69 Å². The number of benzene rings is 1. The molecule has 0 bridgehead atoms. The van der Waals surface area contributed by atoms with E-state index in [1.807, 2.05) is 19.2 Å². The van der Waals surface area contributed by atoms with Crippen LogP contribution in [0.15, 0.2) is 24.3 Å². The largest absolute Gasteiger partial charge is 0.326 e. The molecule has 0 aliphatic heterocycles. The summed E-state index contributed by atoms with van der Waals surface area (Å²) >= 11 is 5.86. The van der Waals surface area contributed by atoms with Gasteiger partial charge < -0.3 is 10.6 Å². The highest BCUT2D eigenvalue weighted by Crippen LogP contribution is 2.45. The van der Waals surface area contributed by atoms with Crippen LogP contribution in [0.25, 0.3) is 0 Å². The highest BCUT2D eigenvalue weighted by molar-refractivity contribution is 6.30. The molecule has 0 atom stereocenters. The number of carbonyl (C=O) groups is 1. The Morgan fingerprint density at radius 2 is 2.25 bits per heavy atom. The molecule has 4 heteroatoms. The first kappa shape index (κ1) is 11.4. The van der Waals surface area contributed by atoms with Crippen molar-refractivity contribution in [1.29, 1.82) is 0 Å². The molecule has 1 aliphatic rings. The minimum absolute atomic E-state index is 0.0871. The second-order valence-electron chi connectivity index (χ2n) is 4.28. The van der Waals surface area contributed by atoms with Gasteiger partial charge in [0.05, 0.1) is 5.41 Å². The smallest absolute Gasteiger partial charge is 0.231 e. The van der Waals surface area contributed by atoms with Gasteiger partial charge in [-0.05, 0) is 38.1 Å². The van der Waals surface area contributed by atoms with E-state index in [1.165, 1.54) is 0 Å². The van der Waals surface area contributed by atoms with Gasteiger partial charge in [0.2, 0.25) is 5.91 Å². The number of hydrogen-bond acceptors (Lipinski definition) is 2. The molecule has 0 radical (unpaired) electrons. The van der Waals surface area contributed by atoms with Crippen LogP contribution >= 0.6 is 11.6 Å². The van der Waals surface area contributed by atoms with Crippen LogP contribution in [-0.2, 0) is 4.79 Å². The van der Waals surface area contributed by atoms with E-state index in [1.54, 1.807) is 12.1 Å². The van der Waals surface area contributed by atoms with Gasteiger partial charge in [-0.2, -0.15) is 0 Å². The molecule has 0 unspecified atom stereocenters. The van der Waals surface area contributed by atoms with Crippen molar-refractivity contribution in [3.63, 3.8) is 0 Å². The molecule has 0 spiro atoms. The molecule has 1 aromatic rings. The quantitative estimate of drug-likeness (QED) is 0.845. The molecule has 16 heavy (non-hydrogen) atoms. The van der Waals surface area contributed by atoms with E-state index in [0.29, 0.717) is 5.02 Å². The van der Waals surface area contributed by atoms with Gasteiger partial charge in [0.15, 0.2) is 0 Å². The monoisotopic (exact) mass is 238 g/mol. The Balaban J connectivity index is 2.02. The molecule has 1 amide bonds. The molecule has 0 heterocycles. The number of carbonyl (C=O) groups excluding carboxylic acids is 1. The Labute approximate surface area is 100 Å². The van der Waals surface area contributed by atoms with Crippen molar-refractivity contribution >= 4 is 23.2 Å². The van der Waals surface area contributed by atoms with Crippen molar-refractivity contribution in [1.82, 2.24) is 5.32 Å². The second kappa shape index (κ2) is 4.44. The highest BCUT2D eigenvalue weighted by atomic mass is 35.5. The molecular formula is C12H15ClN2O. The number of amides is 1. The molecule has 1 saturated carbocycles. The predicted molar refractivity (Wildman–Crippen MR) is 65.7 cm³/mol. The molecular weight excluding hydrogens is 224 g/mol. The zero-order valence-electron chi connectivity index (χ0n) is 9.22. The average molecular weight is 239 g/mol. The number of hydrogen-bond donors (Lipinski definition) is 2. The Morgan fingerprint density at radius 3 is 2.81 bits per heavy atom. The van der Waals surface area contributed by atoms with Gasteiger partial charge in [-0.15, -0.1) is 0 Å². The Morgan fingerprint density at radius 1 is 1.50 bits per heavy atom. The average Bonchev–Trinajstić information content (AvgIpc) is 2.99. The van der Waals surface area contributed by atoms with Gasteiger partial charge in [0.25, 0.3) is 0 Å². The zero-order valence-corrected chi connectivity index (χ0v) is 9.97. The summed E-state index contributed by atoms with van der Waals surface area (Å²) in [4.78, 5) is 12.0. The van der Waals surface area contributed by atoms with E-state index < -0.39 is 0 Å². The first-order valence-corrected chi connectivity index (χ1v) is 5.76. The van der Waals surface area contributed by atoms with Crippen LogP contribution in [0.1, 0.15) is 12.8 Å². The molecule has 3 nitrogen and oxygen atoms in total. The lowest BCUT2D eigenvalue weighted by molar-refractivity contribution is -0.120. The van der Waals surface area contributed by atoms with Crippen molar-refractivity contribution in [2.75, 3.05) is 18.9 Å². The van der Waals surface area contributed by atoms with Crippen LogP contribution in [0, 0.1) is 5.41 Å². The number of rotatable bonds is 4. The lowest BCUT2D eigenvalue weighted by Gasteiger charge is -2.14. The normalized spacial score (nSPS) is 16.9. The number of nitrogens with one attached hydrogen (secondary N) is 2. The fourth-order valence-electron chi connectivity index (χ4n) is 1.80. The maximum Gasteiger partial charge on any atom is 0.231 e. The number of anilines is 1. The second-order valence-corrected chi connectivity index (χ2v) is 4.71. The molecule has 0 saturated heterocycles. The lowest BCUT2D eigenvalue weighted by atomic mass is 10.1.